The molecule has 1 aliphatic rings. The maximum atomic E-state index is 12.8. The molecule has 0 spiro atoms. The van der Waals surface area contributed by atoms with Crippen LogP contribution in [0.25, 0.3) is 0 Å². The SMILES string of the molecule is Cc1cccc(S(=O)(=O)N2CCN(C(C)c3ccccc3)CC2)c1. The van der Waals surface area contributed by atoms with Crippen molar-refractivity contribution >= 4 is 10.0 Å². The predicted molar refractivity (Wildman–Crippen MR) is 96.4 cm³/mol. The molecule has 1 unspecified atom stereocenters. The van der Waals surface area contributed by atoms with Crippen molar-refractivity contribution in [1.82, 2.24) is 9.21 Å². The molecule has 0 bridgehead atoms. The van der Waals surface area contributed by atoms with E-state index in [4.69, 9.17) is 0 Å². The average molecular weight is 344 g/mol. The molecule has 3 rings (SSSR count). The third-order valence-electron chi connectivity index (χ3n) is 4.73. The van der Waals surface area contributed by atoms with Crippen LogP contribution >= 0.6 is 0 Å². The molecular weight excluding hydrogens is 320 g/mol. The van der Waals surface area contributed by atoms with Crippen LogP contribution in [0.2, 0.25) is 0 Å². The first-order valence-electron chi connectivity index (χ1n) is 8.34. The van der Waals surface area contributed by atoms with E-state index in [0.717, 1.165) is 18.7 Å². The molecule has 2 aromatic carbocycles. The number of benzene rings is 2. The molecule has 1 fully saturated rings. The molecule has 0 saturated carbocycles. The van der Waals surface area contributed by atoms with Crippen LogP contribution in [0.4, 0.5) is 0 Å². The molecule has 0 amide bonds. The lowest BCUT2D eigenvalue weighted by atomic mass is 10.1. The monoisotopic (exact) mass is 344 g/mol. The second-order valence-electron chi connectivity index (χ2n) is 6.34. The Morgan fingerprint density at radius 2 is 1.58 bits per heavy atom. The fraction of sp³-hybridized carbons (Fsp3) is 0.368. The lowest BCUT2D eigenvalue weighted by molar-refractivity contribution is 0.146. The van der Waals surface area contributed by atoms with E-state index in [1.54, 1.807) is 22.5 Å². The van der Waals surface area contributed by atoms with E-state index in [0.29, 0.717) is 24.0 Å². The van der Waals surface area contributed by atoms with Crippen molar-refractivity contribution in [3.05, 3.63) is 65.7 Å². The lowest BCUT2D eigenvalue weighted by Crippen LogP contribution is -2.49. The molecule has 4 nitrogen and oxygen atoms in total. The van der Waals surface area contributed by atoms with E-state index in [9.17, 15) is 8.42 Å². The normalized spacial score (nSPS) is 18.4. The quantitative estimate of drug-likeness (QED) is 0.856. The highest BCUT2D eigenvalue weighted by Crippen LogP contribution is 2.24. The molecule has 1 atom stereocenters. The van der Waals surface area contributed by atoms with E-state index in [2.05, 4.69) is 24.0 Å². The smallest absolute Gasteiger partial charge is 0.243 e. The van der Waals surface area contributed by atoms with Gasteiger partial charge in [-0.1, -0.05) is 42.5 Å². The summed E-state index contributed by atoms with van der Waals surface area (Å²) in [4.78, 5) is 2.74. The summed E-state index contributed by atoms with van der Waals surface area (Å²) in [5, 5.41) is 0. The summed E-state index contributed by atoms with van der Waals surface area (Å²) in [6.07, 6.45) is 0. The van der Waals surface area contributed by atoms with Crippen molar-refractivity contribution in [3.8, 4) is 0 Å². The van der Waals surface area contributed by atoms with Crippen molar-refractivity contribution in [3.63, 3.8) is 0 Å². The van der Waals surface area contributed by atoms with E-state index in [1.807, 2.05) is 31.2 Å². The summed E-state index contributed by atoms with van der Waals surface area (Å²) in [6, 6.07) is 17.8. The van der Waals surface area contributed by atoms with Crippen LogP contribution in [0.1, 0.15) is 24.1 Å². The number of nitrogens with zero attached hydrogens (tertiary/aromatic N) is 2. The predicted octanol–water partition coefficient (Wildman–Crippen LogP) is 3.06. The maximum Gasteiger partial charge on any atom is 0.243 e. The summed E-state index contributed by atoms with van der Waals surface area (Å²) in [5.41, 5.74) is 2.24. The summed E-state index contributed by atoms with van der Waals surface area (Å²) in [7, 11) is -3.39. The Morgan fingerprint density at radius 1 is 0.917 bits per heavy atom. The third kappa shape index (κ3) is 3.53. The second kappa shape index (κ2) is 7.05. The highest BCUT2D eigenvalue weighted by Gasteiger charge is 2.30. The van der Waals surface area contributed by atoms with Gasteiger partial charge in [-0.2, -0.15) is 4.31 Å². The maximum absolute atomic E-state index is 12.8. The van der Waals surface area contributed by atoms with Gasteiger partial charge in [0.15, 0.2) is 0 Å². The Hall–Kier alpha value is -1.69. The largest absolute Gasteiger partial charge is 0.294 e. The first-order chi connectivity index (χ1) is 11.5. The Kier molecular flexibility index (Phi) is 5.04. The fourth-order valence-electron chi connectivity index (χ4n) is 3.20. The van der Waals surface area contributed by atoms with Crippen molar-refractivity contribution < 1.29 is 8.42 Å². The zero-order chi connectivity index (χ0) is 17.2. The molecule has 1 saturated heterocycles. The van der Waals surface area contributed by atoms with Gasteiger partial charge in [-0.05, 0) is 37.1 Å². The fourth-order valence-corrected chi connectivity index (χ4v) is 4.73. The number of piperazine rings is 1. The van der Waals surface area contributed by atoms with E-state index < -0.39 is 10.0 Å². The van der Waals surface area contributed by atoms with Gasteiger partial charge in [0.2, 0.25) is 10.0 Å². The zero-order valence-electron chi connectivity index (χ0n) is 14.2. The van der Waals surface area contributed by atoms with E-state index >= 15 is 0 Å². The molecule has 1 aliphatic heterocycles. The Morgan fingerprint density at radius 3 is 2.21 bits per heavy atom. The number of sulfonamides is 1. The van der Waals surface area contributed by atoms with Crippen molar-refractivity contribution in [1.29, 1.82) is 0 Å². The van der Waals surface area contributed by atoms with Gasteiger partial charge < -0.3 is 0 Å². The van der Waals surface area contributed by atoms with Gasteiger partial charge in [0.1, 0.15) is 0 Å². The van der Waals surface area contributed by atoms with Gasteiger partial charge in [-0.3, -0.25) is 4.90 Å². The highest BCUT2D eigenvalue weighted by molar-refractivity contribution is 7.89. The van der Waals surface area contributed by atoms with Crippen LogP contribution in [-0.4, -0.2) is 43.8 Å². The first kappa shape index (κ1) is 17.1. The third-order valence-corrected chi connectivity index (χ3v) is 6.62. The van der Waals surface area contributed by atoms with Gasteiger partial charge >= 0.3 is 0 Å². The number of hydrogen-bond donors (Lipinski definition) is 0. The number of aryl methyl sites for hydroxylation is 1. The molecule has 0 radical (unpaired) electrons. The molecule has 5 heteroatoms. The molecule has 0 aromatic heterocycles. The van der Waals surface area contributed by atoms with Crippen molar-refractivity contribution in [2.75, 3.05) is 26.2 Å². The Bertz CT molecular complexity index is 782. The molecule has 0 aliphatic carbocycles. The topological polar surface area (TPSA) is 40.6 Å². The minimum atomic E-state index is -3.39. The number of hydrogen-bond acceptors (Lipinski definition) is 3. The van der Waals surface area contributed by atoms with E-state index in [1.165, 1.54) is 5.56 Å². The first-order valence-corrected chi connectivity index (χ1v) is 9.78. The summed E-state index contributed by atoms with van der Waals surface area (Å²) < 4.78 is 27.2. The van der Waals surface area contributed by atoms with Crippen LogP contribution in [0.5, 0.6) is 0 Å². The van der Waals surface area contributed by atoms with Crippen molar-refractivity contribution in [2.45, 2.75) is 24.8 Å². The summed E-state index contributed by atoms with van der Waals surface area (Å²) in [5.74, 6) is 0. The van der Waals surface area contributed by atoms with E-state index in [-0.39, 0.29) is 0 Å². The standard InChI is InChI=1S/C19H24N2O2S/c1-16-7-6-10-19(15-16)24(22,23)21-13-11-20(12-14-21)17(2)18-8-4-3-5-9-18/h3-10,15,17H,11-14H2,1-2H3. The van der Waals surface area contributed by atoms with Crippen LogP contribution in [-0.2, 0) is 10.0 Å². The molecular formula is C19H24N2O2S. The summed E-state index contributed by atoms with van der Waals surface area (Å²) >= 11 is 0. The molecule has 2 aromatic rings. The molecule has 1 heterocycles. The van der Waals surface area contributed by atoms with Crippen LogP contribution in [0, 0.1) is 6.92 Å². The van der Waals surface area contributed by atoms with Gasteiger partial charge in [-0.15, -0.1) is 0 Å². The average Bonchev–Trinajstić information content (AvgIpc) is 2.62. The zero-order valence-corrected chi connectivity index (χ0v) is 15.0. The number of rotatable bonds is 4. The summed E-state index contributed by atoms with van der Waals surface area (Å²) in [6.45, 7) is 6.67. The minimum absolute atomic E-state index is 0.301. The minimum Gasteiger partial charge on any atom is -0.294 e. The Balaban J connectivity index is 1.69. The van der Waals surface area contributed by atoms with Gasteiger partial charge in [-0.25, -0.2) is 8.42 Å². The lowest BCUT2D eigenvalue weighted by Gasteiger charge is -2.37. The van der Waals surface area contributed by atoms with Gasteiger partial charge in [0, 0.05) is 32.2 Å². The molecule has 0 N–H and O–H groups in total. The van der Waals surface area contributed by atoms with Gasteiger partial charge in [0.05, 0.1) is 4.90 Å². The highest BCUT2D eigenvalue weighted by atomic mass is 32.2. The second-order valence-corrected chi connectivity index (χ2v) is 8.28. The van der Waals surface area contributed by atoms with Crippen LogP contribution in [0.3, 0.4) is 0 Å². The Labute approximate surface area is 144 Å². The molecule has 128 valence electrons. The van der Waals surface area contributed by atoms with Gasteiger partial charge in [0.25, 0.3) is 0 Å². The van der Waals surface area contributed by atoms with Crippen molar-refractivity contribution in [2.24, 2.45) is 0 Å². The molecule has 24 heavy (non-hydrogen) atoms. The van der Waals surface area contributed by atoms with Crippen LogP contribution in [0.15, 0.2) is 59.5 Å². The van der Waals surface area contributed by atoms with Crippen LogP contribution < -0.4 is 0 Å².